The molecule has 1 aliphatic rings. The molecule has 0 amide bonds. The highest BCUT2D eigenvalue weighted by molar-refractivity contribution is 9.11. The minimum Gasteiger partial charge on any atom is -0.462 e. The van der Waals surface area contributed by atoms with E-state index in [1.807, 2.05) is 19.1 Å². The van der Waals surface area contributed by atoms with E-state index in [1.54, 1.807) is 11.3 Å². The number of thiophene rings is 1. The van der Waals surface area contributed by atoms with Crippen molar-refractivity contribution in [3.05, 3.63) is 26.9 Å². The van der Waals surface area contributed by atoms with Crippen molar-refractivity contribution in [1.29, 1.82) is 0 Å². The van der Waals surface area contributed by atoms with Gasteiger partial charge in [0.25, 0.3) is 0 Å². The van der Waals surface area contributed by atoms with Crippen LogP contribution in [0, 0.1) is 5.92 Å². The molecule has 2 rings (SSSR count). The van der Waals surface area contributed by atoms with E-state index < -0.39 is 0 Å². The Kier molecular flexibility index (Phi) is 5.64. The number of carbonyl (C=O) groups excluding carboxylic acids is 1. The Morgan fingerprint density at radius 2 is 2.16 bits per heavy atom. The van der Waals surface area contributed by atoms with Gasteiger partial charge in [-0.15, -0.1) is 11.3 Å². The van der Waals surface area contributed by atoms with E-state index in [-0.39, 0.29) is 5.97 Å². The molecule has 0 aliphatic heterocycles. The van der Waals surface area contributed by atoms with E-state index in [9.17, 15) is 4.79 Å². The molecule has 1 heterocycles. The smallest absolute Gasteiger partial charge is 0.339 e. The minimum absolute atomic E-state index is 0.192. The third kappa shape index (κ3) is 4.18. The molecule has 2 nitrogen and oxygen atoms in total. The molecule has 0 spiro atoms. The highest BCUT2D eigenvalue weighted by Crippen LogP contribution is 2.32. The van der Waals surface area contributed by atoms with Gasteiger partial charge in [-0.1, -0.05) is 25.3 Å². The van der Waals surface area contributed by atoms with Crippen molar-refractivity contribution in [2.75, 3.05) is 6.61 Å². The summed E-state index contributed by atoms with van der Waals surface area (Å²) in [4.78, 5) is 13.1. The fourth-order valence-electron chi connectivity index (χ4n) is 2.46. The molecule has 0 N–H and O–H groups in total. The van der Waals surface area contributed by atoms with Gasteiger partial charge in [0.1, 0.15) is 0 Å². The maximum Gasteiger partial charge on any atom is 0.339 e. The van der Waals surface area contributed by atoms with Gasteiger partial charge in [0, 0.05) is 4.88 Å². The molecule has 1 aromatic heterocycles. The van der Waals surface area contributed by atoms with E-state index >= 15 is 0 Å². The summed E-state index contributed by atoms with van der Waals surface area (Å²) >= 11 is 5.04. The topological polar surface area (TPSA) is 26.3 Å². The van der Waals surface area contributed by atoms with Gasteiger partial charge in [-0.3, -0.25) is 0 Å². The maximum absolute atomic E-state index is 12.1. The zero-order valence-corrected chi connectivity index (χ0v) is 13.6. The largest absolute Gasteiger partial charge is 0.462 e. The Labute approximate surface area is 127 Å². The molecular weight excluding hydrogens is 324 g/mol. The summed E-state index contributed by atoms with van der Waals surface area (Å²) < 4.78 is 6.24. The molecule has 0 saturated heterocycles. The van der Waals surface area contributed by atoms with Crippen molar-refractivity contribution < 1.29 is 9.53 Å². The minimum atomic E-state index is -0.192. The van der Waals surface area contributed by atoms with Crippen molar-refractivity contribution in [2.24, 2.45) is 5.92 Å². The molecule has 1 fully saturated rings. The molecule has 4 heteroatoms. The Morgan fingerprint density at radius 1 is 1.42 bits per heavy atom. The summed E-state index contributed by atoms with van der Waals surface area (Å²) in [6.45, 7) is 2.27. The lowest BCUT2D eigenvalue weighted by atomic mass is 9.87. The molecule has 1 aliphatic carbocycles. The second-order valence-corrected chi connectivity index (χ2v) is 7.27. The maximum atomic E-state index is 12.1. The predicted molar refractivity (Wildman–Crippen MR) is 83.2 cm³/mol. The number of hydrogen-bond acceptors (Lipinski definition) is 3. The average Bonchev–Trinajstić information content (AvgIpc) is 2.84. The SMILES string of the molecule is CCOC(=O)C(=CC1CCCCC1)c1ccc(Br)s1. The van der Waals surface area contributed by atoms with Crippen molar-refractivity contribution in [2.45, 2.75) is 39.0 Å². The Balaban J connectivity index is 2.22. The Hall–Kier alpha value is -0.610. The van der Waals surface area contributed by atoms with E-state index in [0.717, 1.165) is 14.2 Å². The van der Waals surface area contributed by atoms with E-state index in [4.69, 9.17) is 4.74 Å². The van der Waals surface area contributed by atoms with Crippen LogP contribution in [0.5, 0.6) is 0 Å². The van der Waals surface area contributed by atoms with E-state index in [2.05, 4.69) is 22.0 Å². The van der Waals surface area contributed by atoms with Crippen LogP contribution in [0.15, 0.2) is 22.0 Å². The summed E-state index contributed by atoms with van der Waals surface area (Å²) in [6.07, 6.45) is 8.38. The molecule has 1 aromatic rings. The van der Waals surface area contributed by atoms with Crippen LogP contribution in [-0.2, 0) is 9.53 Å². The van der Waals surface area contributed by atoms with E-state index in [0.29, 0.717) is 12.5 Å². The van der Waals surface area contributed by atoms with Gasteiger partial charge in [-0.05, 0) is 53.7 Å². The number of halogens is 1. The third-order valence-corrected chi connectivity index (χ3v) is 5.04. The molecule has 1 saturated carbocycles. The standard InChI is InChI=1S/C15H19BrO2S/c1-2-18-15(17)12(13-8-9-14(16)19-13)10-11-6-4-3-5-7-11/h8-11H,2-7H2,1H3. The number of ether oxygens (including phenoxy) is 1. The first-order chi connectivity index (χ1) is 9.20. The zero-order chi connectivity index (χ0) is 13.7. The van der Waals surface area contributed by atoms with Crippen molar-refractivity contribution in [3.8, 4) is 0 Å². The quantitative estimate of drug-likeness (QED) is 0.566. The van der Waals surface area contributed by atoms with Gasteiger partial charge in [0.15, 0.2) is 0 Å². The van der Waals surface area contributed by atoms with Crippen LogP contribution >= 0.6 is 27.3 Å². The number of allylic oxidation sites excluding steroid dienone is 1. The third-order valence-electron chi connectivity index (χ3n) is 3.39. The van der Waals surface area contributed by atoms with E-state index in [1.165, 1.54) is 32.1 Å². The Morgan fingerprint density at radius 3 is 2.74 bits per heavy atom. The summed E-state index contributed by atoms with van der Waals surface area (Å²) in [6, 6.07) is 3.97. The summed E-state index contributed by atoms with van der Waals surface area (Å²) in [7, 11) is 0. The first-order valence-electron chi connectivity index (χ1n) is 6.85. The number of hydrogen-bond donors (Lipinski definition) is 0. The molecule has 19 heavy (non-hydrogen) atoms. The first-order valence-corrected chi connectivity index (χ1v) is 8.46. The molecule has 104 valence electrons. The highest BCUT2D eigenvalue weighted by atomic mass is 79.9. The normalized spacial score (nSPS) is 17.5. The van der Waals surface area contributed by atoms with Crippen LogP contribution < -0.4 is 0 Å². The zero-order valence-electron chi connectivity index (χ0n) is 11.2. The Bertz CT molecular complexity index is 458. The lowest BCUT2D eigenvalue weighted by Crippen LogP contribution is -2.10. The fraction of sp³-hybridized carbons (Fsp3) is 0.533. The van der Waals surface area contributed by atoms with Gasteiger partial charge in [0.05, 0.1) is 16.0 Å². The van der Waals surface area contributed by atoms with Gasteiger partial charge in [-0.2, -0.15) is 0 Å². The first kappa shape index (κ1) is 14.8. The van der Waals surface area contributed by atoms with Crippen LogP contribution in [0.3, 0.4) is 0 Å². The van der Waals surface area contributed by atoms with Crippen molar-refractivity contribution in [3.63, 3.8) is 0 Å². The molecule has 0 unspecified atom stereocenters. The van der Waals surface area contributed by atoms with Crippen LogP contribution in [0.1, 0.15) is 43.9 Å². The lowest BCUT2D eigenvalue weighted by molar-refractivity contribution is -0.136. The second-order valence-electron chi connectivity index (χ2n) is 4.80. The number of rotatable bonds is 4. The average molecular weight is 343 g/mol. The predicted octanol–water partition coefficient (Wildman–Crippen LogP) is 5.04. The molecule has 0 atom stereocenters. The van der Waals surface area contributed by atoms with Gasteiger partial charge in [0.2, 0.25) is 0 Å². The highest BCUT2D eigenvalue weighted by Gasteiger charge is 2.19. The number of carbonyl (C=O) groups is 1. The molecule has 0 bridgehead atoms. The summed E-state index contributed by atoms with van der Waals surface area (Å²) in [5.41, 5.74) is 0.740. The number of esters is 1. The lowest BCUT2D eigenvalue weighted by Gasteiger charge is -2.19. The summed E-state index contributed by atoms with van der Waals surface area (Å²) in [5.74, 6) is 0.330. The van der Waals surface area contributed by atoms with Gasteiger partial charge >= 0.3 is 5.97 Å². The van der Waals surface area contributed by atoms with Crippen LogP contribution in [0.25, 0.3) is 5.57 Å². The van der Waals surface area contributed by atoms with Crippen molar-refractivity contribution >= 4 is 38.8 Å². The van der Waals surface area contributed by atoms with Crippen LogP contribution in [0.2, 0.25) is 0 Å². The molecule has 0 aromatic carbocycles. The van der Waals surface area contributed by atoms with Crippen molar-refractivity contribution in [1.82, 2.24) is 0 Å². The molecule has 0 radical (unpaired) electrons. The molecular formula is C15H19BrO2S. The summed E-state index contributed by atoms with van der Waals surface area (Å²) in [5, 5.41) is 0. The second kappa shape index (κ2) is 7.25. The van der Waals surface area contributed by atoms with Gasteiger partial charge < -0.3 is 4.74 Å². The van der Waals surface area contributed by atoms with Crippen LogP contribution in [0.4, 0.5) is 0 Å². The monoisotopic (exact) mass is 342 g/mol. The van der Waals surface area contributed by atoms with Crippen LogP contribution in [-0.4, -0.2) is 12.6 Å². The fourth-order valence-corrected chi connectivity index (χ4v) is 3.85. The van der Waals surface area contributed by atoms with Gasteiger partial charge in [-0.25, -0.2) is 4.79 Å².